The Kier molecular flexibility index (Phi) is 9.38. The van der Waals surface area contributed by atoms with Gasteiger partial charge >= 0.3 is 0 Å². The van der Waals surface area contributed by atoms with Gasteiger partial charge in [-0.2, -0.15) is 5.10 Å². The van der Waals surface area contributed by atoms with Gasteiger partial charge in [-0.1, -0.05) is 13.8 Å². The number of fused-ring (bicyclic) bond motifs is 1. The van der Waals surface area contributed by atoms with Gasteiger partial charge in [-0.25, -0.2) is 14.6 Å². The highest BCUT2D eigenvalue weighted by Gasteiger charge is 2.23. The first-order valence-electron chi connectivity index (χ1n) is 10.5. The van der Waals surface area contributed by atoms with E-state index in [1.807, 2.05) is 19.3 Å². The molecular formula is C20H35IN8. The average Bonchev–Trinajstić information content (AvgIpc) is 3.27. The second kappa shape index (κ2) is 11.5. The average molecular weight is 514 g/mol. The summed E-state index contributed by atoms with van der Waals surface area (Å²) in [5.41, 5.74) is 0. The molecule has 2 aromatic rings. The van der Waals surface area contributed by atoms with E-state index in [1.54, 1.807) is 0 Å². The maximum absolute atomic E-state index is 4.76. The third-order valence-electron chi connectivity index (χ3n) is 5.08. The van der Waals surface area contributed by atoms with Crippen molar-refractivity contribution in [3.63, 3.8) is 0 Å². The second-order valence-corrected chi connectivity index (χ2v) is 7.74. The maximum Gasteiger partial charge on any atom is 0.191 e. The molecule has 2 aromatic heterocycles. The molecule has 1 atom stereocenters. The summed E-state index contributed by atoms with van der Waals surface area (Å²) in [6.07, 6.45) is 8.07. The van der Waals surface area contributed by atoms with Crippen LogP contribution in [0.4, 0.5) is 0 Å². The van der Waals surface area contributed by atoms with E-state index in [9.17, 15) is 0 Å². The van der Waals surface area contributed by atoms with Crippen molar-refractivity contribution in [1.82, 2.24) is 34.9 Å². The van der Waals surface area contributed by atoms with Gasteiger partial charge in [0.25, 0.3) is 0 Å². The molecule has 2 N–H and O–H groups in total. The number of guanidine groups is 1. The number of hydrogen-bond donors (Lipinski definition) is 2. The Morgan fingerprint density at radius 3 is 2.86 bits per heavy atom. The lowest BCUT2D eigenvalue weighted by molar-refractivity contribution is 0.391. The Balaban J connectivity index is 0.00000300. The number of rotatable bonds is 8. The molecule has 0 aliphatic carbocycles. The molecule has 0 saturated carbocycles. The fourth-order valence-corrected chi connectivity index (χ4v) is 3.43. The summed E-state index contributed by atoms with van der Waals surface area (Å²) < 4.78 is 4.25. The fourth-order valence-electron chi connectivity index (χ4n) is 3.43. The zero-order valence-corrected chi connectivity index (χ0v) is 20.4. The normalized spacial score (nSPS) is 16.4. The van der Waals surface area contributed by atoms with Crippen LogP contribution in [0.2, 0.25) is 0 Å². The Bertz CT molecular complexity index is 779. The summed E-state index contributed by atoms with van der Waals surface area (Å²) >= 11 is 0. The van der Waals surface area contributed by atoms with Crippen LogP contribution in [0.15, 0.2) is 17.4 Å². The van der Waals surface area contributed by atoms with Gasteiger partial charge in [0, 0.05) is 50.4 Å². The number of aromatic nitrogens is 5. The van der Waals surface area contributed by atoms with Gasteiger partial charge in [0.1, 0.15) is 11.6 Å². The molecule has 3 heterocycles. The molecular weight excluding hydrogens is 479 g/mol. The monoisotopic (exact) mass is 514 g/mol. The van der Waals surface area contributed by atoms with Crippen LogP contribution in [0.5, 0.6) is 0 Å². The number of hydrogen-bond acceptors (Lipinski definition) is 4. The number of halogens is 1. The molecule has 0 bridgehead atoms. The quantitative estimate of drug-likeness (QED) is 0.245. The van der Waals surface area contributed by atoms with Crippen LogP contribution in [-0.4, -0.2) is 49.4 Å². The molecule has 3 rings (SSSR count). The minimum absolute atomic E-state index is 0. The molecule has 9 heteroatoms. The van der Waals surface area contributed by atoms with Crippen LogP contribution < -0.4 is 10.6 Å². The highest BCUT2D eigenvalue weighted by atomic mass is 127. The predicted octanol–water partition coefficient (Wildman–Crippen LogP) is 2.87. The summed E-state index contributed by atoms with van der Waals surface area (Å²) in [6, 6.07) is 0.334. The van der Waals surface area contributed by atoms with E-state index in [-0.39, 0.29) is 24.0 Å². The lowest BCUT2D eigenvalue weighted by atomic mass is 10.1. The van der Waals surface area contributed by atoms with Gasteiger partial charge in [-0.15, -0.1) is 24.0 Å². The minimum Gasteiger partial charge on any atom is -0.357 e. The van der Waals surface area contributed by atoms with Crippen molar-refractivity contribution in [3.05, 3.63) is 29.9 Å². The van der Waals surface area contributed by atoms with E-state index in [0.717, 1.165) is 75.3 Å². The van der Waals surface area contributed by atoms with Crippen molar-refractivity contribution in [2.75, 3.05) is 13.1 Å². The van der Waals surface area contributed by atoms with Crippen LogP contribution in [0, 0.1) is 6.92 Å². The van der Waals surface area contributed by atoms with Gasteiger partial charge in [0.15, 0.2) is 11.8 Å². The van der Waals surface area contributed by atoms with Crippen molar-refractivity contribution >= 4 is 29.9 Å². The smallest absolute Gasteiger partial charge is 0.191 e. The van der Waals surface area contributed by atoms with E-state index in [1.165, 1.54) is 0 Å². The van der Waals surface area contributed by atoms with Crippen molar-refractivity contribution in [2.45, 2.75) is 78.4 Å². The number of aliphatic imine (C=N–C) groups is 1. The van der Waals surface area contributed by atoms with E-state index >= 15 is 0 Å². The summed E-state index contributed by atoms with van der Waals surface area (Å²) in [6.45, 7) is 12.0. The number of aryl methyl sites for hydroxylation is 3. The standard InChI is InChI=1S/C20H34N8.HI/c1-5-21-20(23-10-6-7-12-27-13-11-22-16(27)4)24-17-8-9-18-25-19(15(2)3)26-28(18)14-17;/h11,13,15,17H,5-10,12,14H2,1-4H3,(H2,21,23,24);1H. The molecule has 8 nitrogen and oxygen atoms in total. The van der Waals surface area contributed by atoms with Crippen molar-refractivity contribution in [3.8, 4) is 0 Å². The van der Waals surface area contributed by atoms with Gasteiger partial charge in [0.05, 0.1) is 6.54 Å². The zero-order valence-electron chi connectivity index (χ0n) is 18.1. The SMILES string of the molecule is CCNC(=NCCCCn1ccnc1C)NC1CCc2nc(C(C)C)nn2C1.I. The highest BCUT2D eigenvalue weighted by molar-refractivity contribution is 14.0. The molecule has 0 aromatic carbocycles. The lowest BCUT2D eigenvalue weighted by Crippen LogP contribution is -2.47. The van der Waals surface area contributed by atoms with Crippen LogP contribution in [0.1, 0.15) is 63.4 Å². The second-order valence-electron chi connectivity index (χ2n) is 7.74. The van der Waals surface area contributed by atoms with Gasteiger partial charge in [0.2, 0.25) is 0 Å². The third-order valence-corrected chi connectivity index (χ3v) is 5.08. The molecule has 162 valence electrons. The summed E-state index contributed by atoms with van der Waals surface area (Å²) in [5, 5.41) is 11.6. The zero-order chi connectivity index (χ0) is 19.9. The Morgan fingerprint density at radius 2 is 2.17 bits per heavy atom. The molecule has 0 radical (unpaired) electrons. The summed E-state index contributed by atoms with van der Waals surface area (Å²) in [7, 11) is 0. The molecule has 1 aliphatic rings. The number of unbranched alkanes of at least 4 members (excludes halogenated alkanes) is 1. The fraction of sp³-hybridized carbons (Fsp3) is 0.700. The summed E-state index contributed by atoms with van der Waals surface area (Å²) in [4.78, 5) is 13.7. The molecule has 0 fully saturated rings. The summed E-state index contributed by atoms with van der Waals surface area (Å²) in [5.74, 6) is 4.40. The topological polar surface area (TPSA) is 84.9 Å². The maximum atomic E-state index is 4.76. The lowest BCUT2D eigenvalue weighted by Gasteiger charge is -2.25. The van der Waals surface area contributed by atoms with Crippen molar-refractivity contribution in [2.24, 2.45) is 4.99 Å². The van der Waals surface area contributed by atoms with Gasteiger partial charge in [-0.3, -0.25) is 4.99 Å². The van der Waals surface area contributed by atoms with Gasteiger partial charge in [-0.05, 0) is 33.1 Å². The minimum atomic E-state index is 0. The van der Waals surface area contributed by atoms with Gasteiger partial charge < -0.3 is 15.2 Å². The van der Waals surface area contributed by atoms with E-state index in [0.29, 0.717) is 12.0 Å². The van der Waals surface area contributed by atoms with E-state index in [2.05, 4.69) is 55.7 Å². The molecule has 1 aliphatic heterocycles. The largest absolute Gasteiger partial charge is 0.357 e. The number of nitrogens with zero attached hydrogens (tertiary/aromatic N) is 6. The molecule has 1 unspecified atom stereocenters. The molecule has 0 amide bonds. The van der Waals surface area contributed by atoms with Crippen molar-refractivity contribution < 1.29 is 0 Å². The highest BCUT2D eigenvalue weighted by Crippen LogP contribution is 2.16. The van der Waals surface area contributed by atoms with Crippen molar-refractivity contribution in [1.29, 1.82) is 0 Å². The van der Waals surface area contributed by atoms with E-state index in [4.69, 9.17) is 4.99 Å². The first-order valence-corrected chi connectivity index (χ1v) is 10.5. The Morgan fingerprint density at radius 1 is 1.34 bits per heavy atom. The number of imidazole rings is 1. The Labute approximate surface area is 191 Å². The molecule has 29 heavy (non-hydrogen) atoms. The van der Waals surface area contributed by atoms with E-state index < -0.39 is 0 Å². The molecule has 0 spiro atoms. The number of nitrogens with one attached hydrogen (secondary N) is 2. The third kappa shape index (κ3) is 6.68. The molecule has 0 saturated heterocycles. The van der Waals surface area contributed by atoms with Crippen LogP contribution >= 0.6 is 24.0 Å². The first-order chi connectivity index (χ1) is 13.6. The van der Waals surface area contributed by atoms with Crippen LogP contribution in [-0.2, 0) is 19.5 Å². The predicted molar refractivity (Wildman–Crippen MR) is 127 cm³/mol. The van der Waals surface area contributed by atoms with Crippen LogP contribution in [0.3, 0.4) is 0 Å². The first kappa shape index (κ1) is 23.6. The Hall–Kier alpha value is -1.65. The van der Waals surface area contributed by atoms with Crippen LogP contribution in [0.25, 0.3) is 0 Å².